The first kappa shape index (κ1) is 26.7. The normalized spacial score (nSPS) is 19.1. The average molecular weight is 508 g/mol. The topological polar surface area (TPSA) is 88.2 Å². The number of carbonyl (C=O) groups excluding carboxylic acids is 3. The summed E-state index contributed by atoms with van der Waals surface area (Å²) in [5.41, 5.74) is 0.344. The zero-order valence-corrected chi connectivity index (χ0v) is 22.2. The average Bonchev–Trinajstić information content (AvgIpc) is 3.25. The molecule has 198 valence electrons. The lowest BCUT2D eigenvalue weighted by atomic mass is 9.90. The molecule has 4 rings (SSSR count). The van der Waals surface area contributed by atoms with Crippen LogP contribution in [-0.4, -0.2) is 66.1 Å². The van der Waals surface area contributed by atoms with Crippen molar-refractivity contribution in [1.82, 2.24) is 15.1 Å². The predicted molar refractivity (Wildman–Crippen MR) is 140 cm³/mol. The molecular weight excluding hydrogens is 470 g/mol. The molecular formula is C29H37N3O5. The van der Waals surface area contributed by atoms with Crippen molar-refractivity contribution in [2.45, 2.75) is 58.3 Å². The third-order valence-electron chi connectivity index (χ3n) is 6.99. The molecule has 2 fully saturated rings. The van der Waals surface area contributed by atoms with Crippen LogP contribution >= 0.6 is 0 Å². The van der Waals surface area contributed by atoms with Gasteiger partial charge >= 0.3 is 0 Å². The van der Waals surface area contributed by atoms with Gasteiger partial charge in [-0.2, -0.15) is 0 Å². The van der Waals surface area contributed by atoms with Gasteiger partial charge < -0.3 is 19.7 Å². The predicted octanol–water partition coefficient (Wildman–Crippen LogP) is 3.61. The fraction of sp³-hybridized carbons (Fsp3) is 0.483. The number of hydrogen-bond donors (Lipinski definition) is 1. The Morgan fingerprint density at radius 2 is 1.76 bits per heavy atom. The smallest absolute Gasteiger partial charge is 0.257 e. The number of piperidine rings is 1. The Labute approximate surface area is 218 Å². The van der Waals surface area contributed by atoms with Gasteiger partial charge in [-0.05, 0) is 29.2 Å². The molecule has 1 atom stereocenters. The molecule has 37 heavy (non-hydrogen) atoms. The minimum Gasteiger partial charge on any atom is -0.497 e. The maximum atomic E-state index is 13.9. The van der Waals surface area contributed by atoms with Crippen LogP contribution in [-0.2, 0) is 20.9 Å². The van der Waals surface area contributed by atoms with E-state index < -0.39 is 11.8 Å². The monoisotopic (exact) mass is 507 g/mol. The van der Waals surface area contributed by atoms with Crippen LogP contribution in [0.5, 0.6) is 5.75 Å². The van der Waals surface area contributed by atoms with Crippen LogP contribution in [0.1, 0.15) is 56.0 Å². The summed E-state index contributed by atoms with van der Waals surface area (Å²) < 4.78 is 11.6. The second-order valence-electron chi connectivity index (χ2n) is 11.0. The summed E-state index contributed by atoms with van der Waals surface area (Å²) in [6.07, 6.45) is 1.35. The first-order valence-corrected chi connectivity index (χ1v) is 12.8. The zero-order valence-electron chi connectivity index (χ0n) is 22.2. The molecule has 2 heterocycles. The number of ether oxygens (including phenoxy) is 2. The molecule has 1 N–H and O–H groups in total. The maximum Gasteiger partial charge on any atom is 0.257 e. The molecule has 8 nitrogen and oxygen atoms in total. The molecule has 8 heteroatoms. The van der Waals surface area contributed by atoms with Gasteiger partial charge in [0, 0.05) is 44.5 Å². The van der Waals surface area contributed by atoms with E-state index in [4.69, 9.17) is 9.47 Å². The van der Waals surface area contributed by atoms with Crippen molar-refractivity contribution in [3.05, 3.63) is 65.7 Å². The fourth-order valence-electron chi connectivity index (χ4n) is 5.04. The molecule has 2 aliphatic heterocycles. The van der Waals surface area contributed by atoms with E-state index in [1.54, 1.807) is 36.3 Å². The second-order valence-corrected chi connectivity index (χ2v) is 11.0. The summed E-state index contributed by atoms with van der Waals surface area (Å²) in [7, 11) is 1.55. The quantitative estimate of drug-likeness (QED) is 0.646. The van der Waals surface area contributed by atoms with E-state index in [0.29, 0.717) is 50.2 Å². The summed E-state index contributed by atoms with van der Waals surface area (Å²) >= 11 is 0. The molecule has 2 saturated heterocycles. The van der Waals surface area contributed by atoms with Gasteiger partial charge in [-0.1, -0.05) is 57.2 Å². The summed E-state index contributed by atoms with van der Waals surface area (Å²) in [5, 5.41) is 2.97. The first-order valence-electron chi connectivity index (χ1n) is 12.8. The number of benzene rings is 2. The van der Waals surface area contributed by atoms with Crippen molar-refractivity contribution >= 4 is 17.7 Å². The highest BCUT2D eigenvalue weighted by molar-refractivity contribution is 5.98. The van der Waals surface area contributed by atoms with Crippen molar-refractivity contribution in [3.8, 4) is 5.75 Å². The van der Waals surface area contributed by atoms with Gasteiger partial charge in [-0.15, -0.1) is 0 Å². The van der Waals surface area contributed by atoms with Crippen molar-refractivity contribution < 1.29 is 23.9 Å². The zero-order chi connectivity index (χ0) is 26.6. The summed E-state index contributed by atoms with van der Waals surface area (Å²) in [5.74, 6) is 0.116. The molecule has 0 saturated carbocycles. The van der Waals surface area contributed by atoms with E-state index in [2.05, 4.69) is 5.32 Å². The van der Waals surface area contributed by atoms with Crippen LogP contribution < -0.4 is 10.1 Å². The van der Waals surface area contributed by atoms with Gasteiger partial charge in [-0.25, -0.2) is 0 Å². The highest BCUT2D eigenvalue weighted by atomic mass is 16.5. The van der Waals surface area contributed by atoms with Crippen LogP contribution in [0.15, 0.2) is 54.6 Å². The number of nitrogens with zero attached hydrogens (tertiary/aromatic N) is 2. The number of rotatable bonds is 6. The number of carbonyl (C=O) groups is 3. The van der Waals surface area contributed by atoms with Gasteiger partial charge in [0.05, 0.1) is 13.7 Å². The van der Waals surface area contributed by atoms with Crippen LogP contribution in [0.4, 0.5) is 0 Å². The van der Waals surface area contributed by atoms with Crippen LogP contribution in [0.2, 0.25) is 0 Å². The molecule has 0 radical (unpaired) electrons. The number of nitrogens with one attached hydrogen (secondary N) is 1. The number of likely N-dealkylation sites (tertiary alicyclic amines) is 1. The van der Waals surface area contributed by atoms with Gasteiger partial charge in [0.15, 0.2) is 0 Å². The second kappa shape index (κ2) is 10.9. The van der Waals surface area contributed by atoms with Crippen molar-refractivity contribution in [1.29, 1.82) is 0 Å². The third kappa shape index (κ3) is 6.13. The van der Waals surface area contributed by atoms with E-state index in [1.807, 2.05) is 56.0 Å². The Morgan fingerprint density at radius 3 is 2.41 bits per heavy atom. The van der Waals surface area contributed by atoms with Gasteiger partial charge in [0.25, 0.3) is 5.91 Å². The molecule has 0 aliphatic carbocycles. The van der Waals surface area contributed by atoms with E-state index in [9.17, 15) is 14.4 Å². The van der Waals surface area contributed by atoms with Crippen molar-refractivity contribution in [3.63, 3.8) is 0 Å². The minimum atomic E-state index is -0.951. The first-order chi connectivity index (χ1) is 17.6. The van der Waals surface area contributed by atoms with E-state index in [1.165, 1.54) is 0 Å². The number of methoxy groups -OCH3 is 1. The maximum absolute atomic E-state index is 13.9. The molecule has 2 aromatic rings. The molecule has 0 bridgehead atoms. The standard InChI is InChI=1S/C29H37N3O5/c1-28(2,3)18-25(33)31-15-13-29(14-16-31)32(27(35)22-11-8-12-23(17-22)36-4)24(20-37-29)26(34)30-19-21-9-6-5-7-10-21/h5-12,17,24H,13-16,18-20H2,1-4H3,(H,30,34)/t24-/m1/s1. The Kier molecular flexibility index (Phi) is 7.87. The lowest BCUT2D eigenvalue weighted by molar-refractivity contribution is -0.145. The van der Waals surface area contributed by atoms with Crippen LogP contribution in [0, 0.1) is 5.41 Å². The summed E-state index contributed by atoms with van der Waals surface area (Å²) in [6, 6.07) is 15.8. The van der Waals surface area contributed by atoms with Crippen molar-refractivity contribution in [2.24, 2.45) is 5.41 Å². The van der Waals surface area contributed by atoms with E-state index >= 15 is 0 Å². The molecule has 2 aromatic carbocycles. The van der Waals surface area contributed by atoms with Crippen LogP contribution in [0.25, 0.3) is 0 Å². The van der Waals surface area contributed by atoms with Crippen LogP contribution in [0.3, 0.4) is 0 Å². The van der Waals surface area contributed by atoms with Gasteiger partial charge in [0.2, 0.25) is 11.8 Å². The molecule has 2 aliphatic rings. The molecule has 3 amide bonds. The van der Waals surface area contributed by atoms with E-state index in [-0.39, 0.29) is 29.7 Å². The highest BCUT2D eigenvalue weighted by Gasteiger charge is 2.54. The molecule has 0 aromatic heterocycles. The van der Waals surface area contributed by atoms with Gasteiger partial charge in [-0.3, -0.25) is 19.3 Å². The minimum absolute atomic E-state index is 0.100. The molecule has 0 unspecified atom stereocenters. The molecule has 1 spiro atoms. The summed E-state index contributed by atoms with van der Waals surface area (Å²) in [4.78, 5) is 43.6. The van der Waals surface area contributed by atoms with E-state index in [0.717, 1.165) is 5.56 Å². The van der Waals surface area contributed by atoms with Gasteiger partial charge in [0.1, 0.15) is 17.5 Å². The highest BCUT2D eigenvalue weighted by Crippen LogP contribution is 2.39. The Balaban J connectivity index is 1.56. The Bertz CT molecular complexity index is 1120. The largest absolute Gasteiger partial charge is 0.497 e. The Hall–Kier alpha value is -3.39. The number of amides is 3. The fourth-order valence-corrected chi connectivity index (χ4v) is 5.04. The SMILES string of the molecule is COc1cccc(C(=O)N2[C@@H](C(=O)NCc3ccccc3)COC23CCN(C(=O)CC(C)(C)C)CC3)c1. The third-order valence-corrected chi connectivity index (χ3v) is 6.99. The Morgan fingerprint density at radius 1 is 1.05 bits per heavy atom. The lowest BCUT2D eigenvalue weighted by Gasteiger charge is -2.44. The number of hydrogen-bond acceptors (Lipinski definition) is 5. The summed E-state index contributed by atoms with van der Waals surface area (Å²) in [6.45, 7) is 7.53. The van der Waals surface area contributed by atoms with Crippen molar-refractivity contribution in [2.75, 3.05) is 26.8 Å². The lowest BCUT2D eigenvalue weighted by Crippen LogP contribution is -2.59.